The molecule has 1 heterocycles. The summed E-state index contributed by atoms with van der Waals surface area (Å²) in [5, 5.41) is 0. The molecule has 9 heteroatoms. The molecular weight excluding hydrogens is 412 g/mol. The van der Waals surface area contributed by atoms with Gasteiger partial charge < -0.3 is 0 Å². The maximum atomic E-state index is 12.8. The molecule has 29 heavy (non-hydrogen) atoms. The van der Waals surface area contributed by atoms with Crippen LogP contribution in [-0.2, 0) is 31.3 Å². The van der Waals surface area contributed by atoms with Crippen molar-refractivity contribution in [2.75, 3.05) is 14.8 Å². The van der Waals surface area contributed by atoms with Gasteiger partial charge in [0.05, 0.1) is 27.4 Å². The lowest BCUT2D eigenvalue weighted by Crippen LogP contribution is -2.32. The molecule has 1 amide bonds. The van der Waals surface area contributed by atoms with Gasteiger partial charge in [0.25, 0.3) is 10.0 Å². The average Bonchev–Trinajstić information content (AvgIpc) is 2.79. The van der Waals surface area contributed by atoms with Gasteiger partial charge in [0.15, 0.2) is 0 Å². The van der Waals surface area contributed by atoms with Crippen molar-refractivity contribution < 1.29 is 21.6 Å². The average molecular weight is 437 g/mol. The molecule has 1 N–H and O–H groups in total. The van der Waals surface area contributed by atoms with Crippen molar-refractivity contribution in [3.8, 4) is 0 Å². The first-order valence-corrected chi connectivity index (χ1v) is 12.3. The third kappa shape index (κ3) is 3.89. The minimum absolute atomic E-state index is 0.0186. The molecule has 2 aromatic rings. The van der Waals surface area contributed by atoms with Crippen LogP contribution in [0.3, 0.4) is 0 Å². The molecule has 1 aliphatic rings. The van der Waals surface area contributed by atoms with Crippen LogP contribution in [0.15, 0.2) is 47.4 Å². The number of hydrogen-bond acceptors (Lipinski definition) is 5. The van der Waals surface area contributed by atoms with E-state index in [1.807, 2.05) is 32.0 Å². The van der Waals surface area contributed by atoms with E-state index in [4.69, 9.17) is 0 Å². The lowest BCUT2D eigenvalue weighted by molar-refractivity contribution is -0.123. The Morgan fingerprint density at radius 2 is 1.72 bits per heavy atom. The van der Waals surface area contributed by atoms with Crippen LogP contribution in [0.4, 0.5) is 11.4 Å². The van der Waals surface area contributed by atoms with Crippen LogP contribution in [0.5, 0.6) is 0 Å². The van der Waals surface area contributed by atoms with E-state index in [0.717, 1.165) is 15.4 Å². The zero-order chi connectivity index (χ0) is 21.6. The first kappa shape index (κ1) is 21.3. The Hall–Kier alpha value is -2.39. The molecule has 0 aromatic heterocycles. The highest BCUT2D eigenvalue weighted by atomic mass is 32.2. The van der Waals surface area contributed by atoms with Crippen molar-refractivity contribution in [2.45, 2.75) is 39.0 Å². The number of para-hydroxylation sites is 1. The Kier molecular flexibility index (Phi) is 5.25. The predicted octanol–water partition coefficient (Wildman–Crippen LogP) is 3.06. The third-order valence-electron chi connectivity index (χ3n) is 4.94. The molecule has 0 saturated carbocycles. The topological polar surface area (TPSA) is 101 Å². The van der Waals surface area contributed by atoms with E-state index in [2.05, 4.69) is 4.72 Å². The Bertz CT molecular complexity index is 1170. The van der Waals surface area contributed by atoms with Gasteiger partial charge in [-0.15, -0.1) is 0 Å². The molecule has 156 valence electrons. The van der Waals surface area contributed by atoms with E-state index in [1.165, 1.54) is 24.3 Å². The standard InChI is InChI=1S/C20H24N2O5S2/c1-5-15-8-6-7-14(2)18(15)21-29(26,27)17-11-9-16(10-12-17)22-19(23)20(3,4)13-28(22,24)25/h6-12,21H,5,13H2,1-4H3. The first-order chi connectivity index (χ1) is 13.4. The number of aryl methyl sites for hydroxylation is 2. The summed E-state index contributed by atoms with van der Waals surface area (Å²) >= 11 is 0. The number of sulfonamides is 2. The SMILES string of the molecule is CCc1cccc(C)c1NS(=O)(=O)c1ccc(N2C(=O)C(C)(C)CS2(=O)=O)cc1. The fraction of sp³-hybridized carbons (Fsp3) is 0.350. The highest BCUT2D eigenvalue weighted by Crippen LogP contribution is 2.36. The van der Waals surface area contributed by atoms with Gasteiger partial charge >= 0.3 is 0 Å². The number of nitrogens with one attached hydrogen (secondary N) is 1. The van der Waals surface area contributed by atoms with Crippen LogP contribution in [0.1, 0.15) is 31.9 Å². The second-order valence-electron chi connectivity index (χ2n) is 7.77. The van der Waals surface area contributed by atoms with E-state index in [-0.39, 0.29) is 16.3 Å². The van der Waals surface area contributed by atoms with Crippen molar-refractivity contribution in [2.24, 2.45) is 5.41 Å². The molecule has 0 spiro atoms. The summed E-state index contributed by atoms with van der Waals surface area (Å²) in [7, 11) is -7.67. The molecule has 0 aliphatic carbocycles. The summed E-state index contributed by atoms with van der Waals surface area (Å²) in [5.74, 6) is -0.813. The van der Waals surface area contributed by atoms with Crippen molar-refractivity contribution in [3.63, 3.8) is 0 Å². The van der Waals surface area contributed by atoms with Gasteiger partial charge in [-0.05, 0) is 62.6 Å². The van der Waals surface area contributed by atoms with E-state index in [9.17, 15) is 21.6 Å². The van der Waals surface area contributed by atoms with Gasteiger partial charge in [-0.25, -0.2) is 21.1 Å². The quantitative estimate of drug-likeness (QED) is 0.776. The minimum atomic E-state index is -3.88. The molecule has 0 unspecified atom stereocenters. The van der Waals surface area contributed by atoms with Gasteiger partial charge in [-0.2, -0.15) is 0 Å². The molecule has 1 fully saturated rings. The van der Waals surface area contributed by atoms with E-state index >= 15 is 0 Å². The molecule has 0 bridgehead atoms. The van der Waals surface area contributed by atoms with Crippen LogP contribution in [0.2, 0.25) is 0 Å². The van der Waals surface area contributed by atoms with E-state index in [1.54, 1.807) is 13.8 Å². The zero-order valence-electron chi connectivity index (χ0n) is 16.8. The van der Waals surface area contributed by atoms with E-state index < -0.39 is 31.4 Å². The normalized spacial score (nSPS) is 18.1. The fourth-order valence-corrected chi connectivity index (χ4v) is 6.66. The van der Waals surface area contributed by atoms with Crippen LogP contribution >= 0.6 is 0 Å². The Morgan fingerprint density at radius 1 is 1.10 bits per heavy atom. The molecular formula is C20H24N2O5S2. The Labute approximate surface area is 171 Å². The second kappa shape index (κ2) is 7.14. The number of benzene rings is 2. The monoisotopic (exact) mass is 436 g/mol. The number of rotatable bonds is 5. The second-order valence-corrected chi connectivity index (χ2v) is 11.3. The lowest BCUT2D eigenvalue weighted by atomic mass is 9.95. The van der Waals surface area contributed by atoms with Crippen LogP contribution < -0.4 is 9.03 Å². The number of carbonyl (C=O) groups is 1. The van der Waals surface area contributed by atoms with Crippen molar-refractivity contribution in [1.82, 2.24) is 0 Å². The van der Waals surface area contributed by atoms with Crippen LogP contribution in [-0.4, -0.2) is 28.5 Å². The first-order valence-electron chi connectivity index (χ1n) is 9.18. The Balaban J connectivity index is 1.94. The number of anilines is 2. The molecule has 7 nitrogen and oxygen atoms in total. The van der Waals surface area contributed by atoms with Crippen LogP contribution in [0.25, 0.3) is 0 Å². The Morgan fingerprint density at radius 3 is 2.24 bits per heavy atom. The highest BCUT2D eigenvalue weighted by Gasteiger charge is 2.49. The van der Waals surface area contributed by atoms with Crippen molar-refractivity contribution >= 4 is 37.3 Å². The predicted molar refractivity (Wildman–Crippen MR) is 113 cm³/mol. The highest BCUT2D eigenvalue weighted by molar-refractivity contribution is 7.94. The van der Waals surface area contributed by atoms with E-state index in [0.29, 0.717) is 12.1 Å². The third-order valence-corrected chi connectivity index (χ3v) is 8.33. The van der Waals surface area contributed by atoms with Crippen molar-refractivity contribution in [3.05, 3.63) is 53.6 Å². The largest absolute Gasteiger partial charge is 0.279 e. The molecule has 3 rings (SSSR count). The van der Waals surface area contributed by atoms with Crippen LogP contribution in [0, 0.1) is 12.3 Å². The summed E-state index contributed by atoms with van der Waals surface area (Å²) in [5.41, 5.74) is 1.33. The summed E-state index contributed by atoms with van der Waals surface area (Å²) in [6.07, 6.45) is 0.670. The maximum absolute atomic E-state index is 12.8. The van der Waals surface area contributed by atoms with Crippen molar-refractivity contribution in [1.29, 1.82) is 0 Å². The van der Waals surface area contributed by atoms with Gasteiger partial charge in [0.2, 0.25) is 15.9 Å². The van der Waals surface area contributed by atoms with Gasteiger partial charge in [-0.3, -0.25) is 9.52 Å². The summed E-state index contributed by atoms with van der Waals surface area (Å²) in [6.45, 7) is 6.91. The van der Waals surface area contributed by atoms with Gasteiger partial charge in [-0.1, -0.05) is 25.1 Å². The number of hydrogen-bond donors (Lipinski definition) is 1. The zero-order valence-corrected chi connectivity index (χ0v) is 18.4. The van der Waals surface area contributed by atoms with Gasteiger partial charge in [0.1, 0.15) is 0 Å². The molecule has 1 aliphatic heterocycles. The summed E-state index contributed by atoms with van der Waals surface area (Å²) in [4.78, 5) is 12.5. The number of carbonyl (C=O) groups excluding carboxylic acids is 1. The number of nitrogens with zero attached hydrogens (tertiary/aromatic N) is 1. The molecule has 0 radical (unpaired) electrons. The number of amides is 1. The lowest BCUT2D eigenvalue weighted by Gasteiger charge is -2.18. The summed E-state index contributed by atoms with van der Waals surface area (Å²) in [6, 6.07) is 10.8. The fourth-order valence-electron chi connectivity index (χ4n) is 3.38. The smallest absolute Gasteiger partial charge is 0.261 e. The summed E-state index contributed by atoms with van der Waals surface area (Å²) < 4.78 is 53.8. The maximum Gasteiger partial charge on any atom is 0.261 e. The minimum Gasteiger partial charge on any atom is -0.279 e. The molecule has 2 aromatic carbocycles. The van der Waals surface area contributed by atoms with Gasteiger partial charge in [0, 0.05) is 0 Å². The molecule has 1 saturated heterocycles. The molecule has 0 atom stereocenters.